The Hall–Kier alpha value is -2.80. The molecule has 0 bridgehead atoms. The molecule has 1 saturated carbocycles. The molecule has 4 fully saturated rings. The maximum absolute atomic E-state index is 13.7. The Morgan fingerprint density at radius 3 is 2.58 bits per heavy atom. The first kappa shape index (κ1) is 27.7. The van der Waals surface area contributed by atoms with Crippen LogP contribution in [0.4, 0.5) is 0 Å². The molecule has 3 aliphatic heterocycles. The number of rotatable bonds is 5. The Morgan fingerprint density at radius 2 is 1.81 bits per heavy atom. The Kier molecular flexibility index (Phi) is 6.70. The summed E-state index contributed by atoms with van der Waals surface area (Å²) in [6, 6.07) is 0.165. The summed E-state index contributed by atoms with van der Waals surface area (Å²) in [5, 5.41) is 4.74. The Labute approximate surface area is 250 Å². The highest BCUT2D eigenvalue weighted by atomic mass is 16.7. The Bertz CT molecular complexity index is 1580. The normalized spacial score (nSPS) is 29.7. The fourth-order valence-corrected chi connectivity index (χ4v) is 8.74. The van der Waals surface area contributed by atoms with Crippen LogP contribution >= 0.6 is 0 Å². The van der Waals surface area contributed by atoms with Crippen LogP contribution in [0.3, 0.4) is 0 Å². The average Bonchev–Trinajstić information content (AvgIpc) is 3.84. The van der Waals surface area contributed by atoms with Gasteiger partial charge in [-0.25, -0.2) is 9.78 Å². The molecule has 2 aliphatic carbocycles. The maximum atomic E-state index is 13.7. The minimum absolute atomic E-state index is 0.101. The van der Waals surface area contributed by atoms with Gasteiger partial charge in [0.1, 0.15) is 6.10 Å². The number of likely N-dealkylation sites (tertiary alicyclic amines) is 1. The number of likely N-dealkylation sites (N-methyl/N-ethyl adjacent to an activating group) is 1. The van der Waals surface area contributed by atoms with Gasteiger partial charge < -0.3 is 23.5 Å². The Balaban J connectivity index is 1.28. The van der Waals surface area contributed by atoms with Crippen LogP contribution in [-0.4, -0.2) is 87.1 Å². The summed E-state index contributed by atoms with van der Waals surface area (Å²) in [5.74, 6) is 0.698. The first-order valence-electron chi connectivity index (χ1n) is 16.1. The fourth-order valence-electron chi connectivity index (χ4n) is 8.74. The van der Waals surface area contributed by atoms with E-state index in [0.29, 0.717) is 55.1 Å². The summed E-state index contributed by atoms with van der Waals surface area (Å²) in [5.41, 5.74) is 2.59. The molecule has 5 aliphatic rings. The minimum atomic E-state index is -0.654. The lowest BCUT2D eigenvalue weighted by Gasteiger charge is -2.50. The van der Waals surface area contributed by atoms with Crippen molar-refractivity contribution in [3.8, 4) is 17.5 Å². The van der Waals surface area contributed by atoms with Crippen LogP contribution in [0.25, 0.3) is 22.7 Å². The Morgan fingerprint density at radius 1 is 1.00 bits per heavy atom. The molecule has 2 spiro atoms. The van der Waals surface area contributed by atoms with Gasteiger partial charge in [-0.05, 0) is 71.9 Å². The first-order chi connectivity index (χ1) is 20.9. The van der Waals surface area contributed by atoms with E-state index >= 15 is 0 Å². The lowest BCUT2D eigenvalue weighted by atomic mass is 9.61. The van der Waals surface area contributed by atoms with Gasteiger partial charge in [0.25, 0.3) is 0 Å². The predicted molar refractivity (Wildman–Crippen MR) is 156 cm³/mol. The molecule has 0 amide bonds. The molecule has 6 heterocycles. The van der Waals surface area contributed by atoms with Gasteiger partial charge in [-0.1, -0.05) is 11.6 Å². The van der Waals surface area contributed by atoms with Gasteiger partial charge in [0, 0.05) is 31.7 Å². The van der Waals surface area contributed by atoms with Crippen molar-refractivity contribution >= 4 is 11.2 Å². The van der Waals surface area contributed by atoms with E-state index < -0.39 is 5.79 Å². The first-order valence-corrected chi connectivity index (χ1v) is 16.1. The van der Waals surface area contributed by atoms with Crippen LogP contribution in [0.15, 0.2) is 9.32 Å². The van der Waals surface area contributed by atoms with Crippen LogP contribution in [0, 0.1) is 0 Å². The second-order valence-electron chi connectivity index (χ2n) is 13.2. The number of aromatic nitrogens is 5. The number of imidazole rings is 1. The van der Waals surface area contributed by atoms with Crippen molar-refractivity contribution in [1.82, 2.24) is 29.2 Å². The third-order valence-corrected chi connectivity index (χ3v) is 10.9. The summed E-state index contributed by atoms with van der Waals surface area (Å²) in [7, 11) is 3.90. The highest BCUT2D eigenvalue weighted by molar-refractivity contribution is 5.80. The number of ether oxygens (including phenoxy) is 4. The largest absolute Gasteiger partial charge is 0.471 e. The van der Waals surface area contributed by atoms with Gasteiger partial charge in [0.05, 0.1) is 37.0 Å². The summed E-state index contributed by atoms with van der Waals surface area (Å²) in [6.07, 6.45) is 9.54. The summed E-state index contributed by atoms with van der Waals surface area (Å²) in [4.78, 5) is 26.1. The number of hydrogen-bond acceptors (Lipinski definition) is 10. The second kappa shape index (κ2) is 10.4. The van der Waals surface area contributed by atoms with Crippen LogP contribution < -0.4 is 10.4 Å². The van der Waals surface area contributed by atoms with E-state index in [1.165, 1.54) is 0 Å². The second-order valence-corrected chi connectivity index (χ2v) is 13.2. The zero-order chi connectivity index (χ0) is 29.3. The standard InChI is InChI=1S/C31H42N6O6/c1-19(22-9-7-14-35(22)2)42-28-23-27(37(29(38)36(23)3)20-10-15-39-18-20)32-26(33-28)24-21-8-6-12-30(25(21)34-43-24)11-4-5-13-31(30)40-16-17-41-31/h19-20,22H,4-18H2,1-3H3/t19-,20+,22-,30-/m0/s1. The molecule has 8 rings (SSSR count). The van der Waals surface area contributed by atoms with E-state index in [1.54, 1.807) is 16.2 Å². The maximum Gasteiger partial charge on any atom is 0.330 e. The summed E-state index contributed by atoms with van der Waals surface area (Å²) in [6.45, 7) is 5.42. The van der Waals surface area contributed by atoms with Gasteiger partial charge in [0.15, 0.2) is 17.0 Å². The van der Waals surface area contributed by atoms with Crippen LogP contribution in [0.1, 0.15) is 82.0 Å². The zero-order valence-electron chi connectivity index (χ0n) is 25.5. The molecule has 0 radical (unpaired) electrons. The molecule has 12 heteroatoms. The van der Waals surface area contributed by atoms with Crippen molar-refractivity contribution in [3.05, 3.63) is 21.7 Å². The number of aryl methyl sites for hydroxylation is 1. The third-order valence-electron chi connectivity index (χ3n) is 10.9. The summed E-state index contributed by atoms with van der Waals surface area (Å²) < 4.78 is 34.7. The molecule has 0 aromatic carbocycles. The van der Waals surface area contributed by atoms with Gasteiger partial charge >= 0.3 is 5.69 Å². The topological polar surface area (TPSA) is 119 Å². The van der Waals surface area contributed by atoms with Crippen molar-refractivity contribution in [2.75, 3.05) is 40.0 Å². The molecule has 3 aromatic heterocycles. The van der Waals surface area contributed by atoms with Crippen molar-refractivity contribution in [2.45, 2.75) is 101 Å². The SMILES string of the molecule is C[C@H](Oc1nc(-c2onc3c2CCC[C@@]32CCCCC23OCCO3)nc2c1n(C)c(=O)n2[C@@H]1CCOC1)[C@@H]1CCCN1C. The van der Waals surface area contributed by atoms with E-state index in [1.807, 2.05) is 0 Å². The molecule has 0 N–H and O–H groups in total. The van der Waals surface area contributed by atoms with E-state index in [2.05, 4.69) is 18.9 Å². The van der Waals surface area contributed by atoms with Gasteiger partial charge in [-0.2, -0.15) is 4.98 Å². The van der Waals surface area contributed by atoms with Gasteiger partial charge in [0.2, 0.25) is 17.5 Å². The molecular weight excluding hydrogens is 552 g/mol. The number of fused-ring (bicyclic) bond motifs is 4. The summed E-state index contributed by atoms with van der Waals surface area (Å²) >= 11 is 0. The van der Waals surface area contributed by atoms with Crippen LogP contribution in [0.5, 0.6) is 5.88 Å². The molecule has 12 nitrogen and oxygen atoms in total. The molecule has 232 valence electrons. The predicted octanol–water partition coefficient (Wildman–Crippen LogP) is 3.50. The smallest absolute Gasteiger partial charge is 0.330 e. The molecule has 3 saturated heterocycles. The molecular formula is C31H42N6O6. The van der Waals surface area contributed by atoms with Gasteiger partial charge in [-0.15, -0.1) is 0 Å². The quantitative estimate of drug-likeness (QED) is 0.434. The number of nitrogens with zero attached hydrogens (tertiary/aromatic N) is 6. The fraction of sp³-hybridized carbons (Fsp3) is 0.742. The molecule has 3 aromatic rings. The molecule has 0 unspecified atom stereocenters. The minimum Gasteiger partial charge on any atom is -0.471 e. The lowest BCUT2D eigenvalue weighted by molar-refractivity contribution is -0.231. The van der Waals surface area contributed by atoms with Crippen LogP contribution in [0.2, 0.25) is 0 Å². The van der Waals surface area contributed by atoms with Crippen molar-refractivity contribution in [1.29, 1.82) is 0 Å². The number of hydrogen-bond donors (Lipinski definition) is 0. The van der Waals surface area contributed by atoms with E-state index in [9.17, 15) is 4.79 Å². The highest BCUT2D eigenvalue weighted by Gasteiger charge is 2.61. The highest BCUT2D eigenvalue weighted by Crippen LogP contribution is 2.56. The van der Waals surface area contributed by atoms with E-state index in [4.69, 9.17) is 38.6 Å². The van der Waals surface area contributed by atoms with Gasteiger partial charge in [-0.3, -0.25) is 14.0 Å². The monoisotopic (exact) mass is 594 g/mol. The lowest BCUT2D eigenvalue weighted by Crippen LogP contribution is -2.56. The van der Waals surface area contributed by atoms with E-state index in [-0.39, 0.29) is 29.3 Å². The van der Waals surface area contributed by atoms with Crippen molar-refractivity contribution < 1.29 is 23.5 Å². The van der Waals surface area contributed by atoms with Crippen molar-refractivity contribution in [3.63, 3.8) is 0 Å². The van der Waals surface area contributed by atoms with E-state index in [0.717, 1.165) is 82.0 Å². The average molecular weight is 595 g/mol. The van der Waals surface area contributed by atoms with Crippen LogP contribution in [-0.2, 0) is 33.1 Å². The third kappa shape index (κ3) is 4.09. The van der Waals surface area contributed by atoms with Crippen molar-refractivity contribution in [2.24, 2.45) is 7.05 Å². The molecule has 43 heavy (non-hydrogen) atoms. The molecule has 4 atom stereocenters. The zero-order valence-corrected chi connectivity index (χ0v) is 25.5.